The van der Waals surface area contributed by atoms with Gasteiger partial charge in [-0.2, -0.15) is 0 Å². The molecule has 0 aromatic carbocycles. The zero-order valence-corrected chi connectivity index (χ0v) is 12.0. The zero-order chi connectivity index (χ0) is 12.8. The maximum Gasteiger partial charge on any atom is 0.0594 e. The highest BCUT2D eigenvalue weighted by Gasteiger charge is 2.21. The second-order valence-corrected chi connectivity index (χ2v) is 5.52. The molecule has 18 heavy (non-hydrogen) atoms. The molecule has 3 heteroatoms. The lowest BCUT2D eigenvalue weighted by Crippen LogP contribution is -2.45. The first kappa shape index (κ1) is 14.0. The molecule has 0 bridgehead atoms. The van der Waals surface area contributed by atoms with Crippen LogP contribution in [0.25, 0.3) is 0 Å². The van der Waals surface area contributed by atoms with E-state index in [4.69, 9.17) is 4.74 Å². The fourth-order valence-electron chi connectivity index (χ4n) is 3.04. The minimum atomic E-state index is 0.570. The van der Waals surface area contributed by atoms with Crippen LogP contribution >= 0.6 is 0 Å². The number of piperidine rings is 1. The van der Waals surface area contributed by atoms with Gasteiger partial charge in [-0.05, 0) is 45.4 Å². The van der Waals surface area contributed by atoms with E-state index in [9.17, 15) is 0 Å². The average molecular weight is 252 g/mol. The van der Waals surface area contributed by atoms with Crippen molar-refractivity contribution in [3.8, 4) is 0 Å². The Morgan fingerprint density at radius 2 is 1.78 bits per heavy atom. The van der Waals surface area contributed by atoms with Gasteiger partial charge in [0.25, 0.3) is 0 Å². The third-order valence-electron chi connectivity index (χ3n) is 4.36. The topological polar surface area (TPSA) is 15.7 Å². The smallest absolute Gasteiger partial charge is 0.0594 e. The normalized spacial score (nSPS) is 26.2. The number of ether oxygens (including phenoxy) is 1. The molecule has 0 aromatic rings. The van der Waals surface area contributed by atoms with Gasteiger partial charge in [-0.3, -0.25) is 9.80 Å². The number of nitrogens with zero attached hydrogens (tertiary/aromatic N) is 2. The van der Waals surface area contributed by atoms with Gasteiger partial charge in [0.2, 0.25) is 0 Å². The van der Waals surface area contributed by atoms with E-state index in [2.05, 4.69) is 29.7 Å². The highest BCUT2D eigenvalue weighted by molar-refractivity contribution is 5.11. The van der Waals surface area contributed by atoms with Gasteiger partial charge in [0.15, 0.2) is 0 Å². The monoisotopic (exact) mass is 252 g/mol. The van der Waals surface area contributed by atoms with Crippen molar-refractivity contribution in [3.63, 3.8) is 0 Å². The predicted molar refractivity (Wildman–Crippen MR) is 75.9 cm³/mol. The van der Waals surface area contributed by atoms with E-state index >= 15 is 0 Å². The summed E-state index contributed by atoms with van der Waals surface area (Å²) in [4.78, 5) is 5.18. The Kier molecular flexibility index (Phi) is 5.67. The number of likely N-dealkylation sites (tertiary alicyclic amines) is 1. The molecule has 2 rings (SSSR count). The minimum absolute atomic E-state index is 0.570. The minimum Gasteiger partial charge on any atom is -0.379 e. The molecule has 1 unspecified atom stereocenters. The summed E-state index contributed by atoms with van der Waals surface area (Å²) >= 11 is 0. The van der Waals surface area contributed by atoms with Gasteiger partial charge in [0, 0.05) is 25.7 Å². The number of hydrogen-bond acceptors (Lipinski definition) is 3. The van der Waals surface area contributed by atoms with E-state index in [0.29, 0.717) is 6.04 Å². The maximum atomic E-state index is 5.44. The van der Waals surface area contributed by atoms with E-state index < -0.39 is 0 Å². The summed E-state index contributed by atoms with van der Waals surface area (Å²) < 4.78 is 5.44. The molecule has 0 aliphatic carbocycles. The zero-order valence-electron chi connectivity index (χ0n) is 12.0. The van der Waals surface area contributed by atoms with Crippen LogP contribution in [0.1, 0.15) is 33.1 Å². The third-order valence-corrected chi connectivity index (χ3v) is 4.36. The van der Waals surface area contributed by atoms with Crippen molar-refractivity contribution in [3.05, 3.63) is 11.6 Å². The van der Waals surface area contributed by atoms with Gasteiger partial charge in [-0.25, -0.2) is 0 Å². The van der Waals surface area contributed by atoms with Crippen molar-refractivity contribution in [2.45, 2.75) is 39.2 Å². The van der Waals surface area contributed by atoms with Crippen molar-refractivity contribution >= 4 is 0 Å². The molecule has 3 nitrogen and oxygen atoms in total. The molecule has 0 amide bonds. The van der Waals surface area contributed by atoms with Gasteiger partial charge in [-0.15, -0.1) is 0 Å². The molecule has 0 N–H and O–H groups in total. The number of allylic oxidation sites excluding steroid dienone is 1. The Labute approximate surface area is 112 Å². The van der Waals surface area contributed by atoms with E-state index in [1.54, 1.807) is 5.57 Å². The van der Waals surface area contributed by atoms with Crippen molar-refractivity contribution in [2.75, 3.05) is 45.9 Å². The summed E-state index contributed by atoms with van der Waals surface area (Å²) in [6.07, 6.45) is 6.50. The van der Waals surface area contributed by atoms with Crippen LogP contribution in [0, 0.1) is 0 Å². The van der Waals surface area contributed by atoms with Gasteiger partial charge >= 0.3 is 0 Å². The Hall–Kier alpha value is -0.380. The van der Waals surface area contributed by atoms with Crippen LogP contribution in [-0.2, 0) is 4.74 Å². The Morgan fingerprint density at radius 3 is 2.39 bits per heavy atom. The van der Waals surface area contributed by atoms with Crippen LogP contribution < -0.4 is 0 Å². The molecule has 1 atom stereocenters. The van der Waals surface area contributed by atoms with Crippen molar-refractivity contribution in [1.29, 1.82) is 0 Å². The van der Waals surface area contributed by atoms with Gasteiger partial charge in [-0.1, -0.05) is 12.5 Å². The predicted octanol–water partition coefficient (Wildman–Crippen LogP) is 2.14. The van der Waals surface area contributed by atoms with Crippen LogP contribution in [0.3, 0.4) is 0 Å². The third kappa shape index (κ3) is 3.81. The molecule has 0 spiro atoms. The second kappa shape index (κ2) is 7.27. The first-order chi connectivity index (χ1) is 8.81. The van der Waals surface area contributed by atoms with E-state index in [-0.39, 0.29) is 0 Å². The Balaban J connectivity index is 1.86. The highest BCUT2D eigenvalue weighted by Crippen LogP contribution is 2.16. The second-order valence-electron chi connectivity index (χ2n) is 5.52. The molecule has 104 valence electrons. The molecule has 2 heterocycles. The largest absolute Gasteiger partial charge is 0.379 e. The van der Waals surface area contributed by atoms with Gasteiger partial charge < -0.3 is 4.74 Å². The molecular formula is C15H28N2O. The van der Waals surface area contributed by atoms with Crippen LogP contribution in [0.15, 0.2) is 11.6 Å². The number of hydrogen-bond donors (Lipinski definition) is 0. The lowest BCUT2D eigenvalue weighted by atomic mass is 10.0. The molecule has 2 saturated heterocycles. The average Bonchev–Trinajstić information content (AvgIpc) is 2.46. The van der Waals surface area contributed by atoms with E-state index in [1.165, 1.54) is 32.4 Å². The van der Waals surface area contributed by atoms with Crippen LogP contribution in [0.5, 0.6) is 0 Å². The first-order valence-corrected chi connectivity index (χ1v) is 7.50. The summed E-state index contributed by atoms with van der Waals surface area (Å²) in [6, 6.07) is 0.570. The standard InChI is InChI=1S/C15H28N2O/c1-3-15(13-16-7-5-4-6-8-16)14(2)17-9-11-18-12-10-17/h3,14H,4-13H2,1-2H3. The van der Waals surface area contributed by atoms with Crippen LogP contribution in [-0.4, -0.2) is 61.8 Å². The summed E-state index contributed by atoms with van der Waals surface area (Å²) in [5, 5.41) is 0. The van der Waals surface area contributed by atoms with Crippen LogP contribution in [0.2, 0.25) is 0 Å². The van der Waals surface area contributed by atoms with Crippen molar-refractivity contribution in [1.82, 2.24) is 9.80 Å². The quantitative estimate of drug-likeness (QED) is 0.713. The van der Waals surface area contributed by atoms with Gasteiger partial charge in [0.1, 0.15) is 0 Å². The molecule has 2 fully saturated rings. The Morgan fingerprint density at radius 1 is 1.11 bits per heavy atom. The Bertz CT molecular complexity index is 266. The summed E-state index contributed by atoms with van der Waals surface area (Å²) in [5.41, 5.74) is 1.58. The van der Waals surface area contributed by atoms with Crippen LogP contribution in [0.4, 0.5) is 0 Å². The van der Waals surface area contributed by atoms with E-state index in [0.717, 1.165) is 32.8 Å². The molecular weight excluding hydrogens is 224 g/mol. The SMILES string of the molecule is CC=C(CN1CCCCC1)C(C)N1CCOCC1. The van der Waals surface area contributed by atoms with Crippen molar-refractivity contribution < 1.29 is 4.74 Å². The van der Waals surface area contributed by atoms with E-state index in [1.807, 2.05) is 0 Å². The fraction of sp³-hybridized carbons (Fsp3) is 0.867. The lowest BCUT2D eigenvalue weighted by Gasteiger charge is -2.36. The van der Waals surface area contributed by atoms with Crippen molar-refractivity contribution in [2.24, 2.45) is 0 Å². The summed E-state index contributed by atoms with van der Waals surface area (Å²) in [7, 11) is 0. The number of rotatable bonds is 4. The summed E-state index contributed by atoms with van der Waals surface area (Å²) in [6.45, 7) is 12.2. The lowest BCUT2D eigenvalue weighted by molar-refractivity contribution is 0.0254. The molecule has 0 aromatic heterocycles. The molecule has 0 radical (unpaired) electrons. The highest BCUT2D eigenvalue weighted by atomic mass is 16.5. The number of morpholine rings is 1. The molecule has 2 aliphatic rings. The molecule has 2 aliphatic heterocycles. The van der Waals surface area contributed by atoms with Gasteiger partial charge in [0.05, 0.1) is 13.2 Å². The maximum absolute atomic E-state index is 5.44. The first-order valence-electron chi connectivity index (χ1n) is 7.50. The molecule has 0 saturated carbocycles. The summed E-state index contributed by atoms with van der Waals surface area (Å²) in [5.74, 6) is 0. The fourth-order valence-corrected chi connectivity index (χ4v) is 3.04.